The van der Waals surface area contributed by atoms with Crippen LogP contribution in [-0.4, -0.2) is 55.1 Å². The van der Waals surface area contributed by atoms with E-state index in [-0.39, 0.29) is 17.9 Å². The molecule has 0 aromatic carbocycles. The predicted octanol–water partition coefficient (Wildman–Crippen LogP) is 1.72. The molecule has 108 valence electrons. The van der Waals surface area contributed by atoms with Crippen molar-refractivity contribution in [3.63, 3.8) is 0 Å². The van der Waals surface area contributed by atoms with Crippen LogP contribution < -0.4 is 0 Å². The van der Waals surface area contributed by atoms with Gasteiger partial charge in [-0.1, -0.05) is 6.92 Å². The average Bonchev–Trinajstić information content (AvgIpc) is 2.46. The molecule has 2 heterocycles. The molecule has 2 aliphatic rings. The lowest BCUT2D eigenvalue weighted by Crippen LogP contribution is -2.48. The summed E-state index contributed by atoms with van der Waals surface area (Å²) in [7, 11) is 1.39. The highest BCUT2D eigenvalue weighted by Gasteiger charge is 2.32. The second-order valence-corrected chi connectivity index (χ2v) is 5.76. The number of hydrogen-bond donors (Lipinski definition) is 0. The van der Waals surface area contributed by atoms with Gasteiger partial charge < -0.3 is 14.5 Å². The molecule has 1 atom stereocenters. The highest BCUT2D eigenvalue weighted by molar-refractivity contribution is 5.80. The van der Waals surface area contributed by atoms with Crippen molar-refractivity contribution in [2.45, 2.75) is 32.6 Å². The van der Waals surface area contributed by atoms with Crippen LogP contribution in [0.1, 0.15) is 32.6 Å². The molecule has 0 bridgehead atoms. The summed E-state index contributed by atoms with van der Waals surface area (Å²) in [5, 5.41) is 0. The van der Waals surface area contributed by atoms with Crippen LogP contribution in [0.5, 0.6) is 0 Å². The third-order valence-electron chi connectivity index (χ3n) is 4.30. The minimum Gasteiger partial charge on any atom is -0.453 e. The number of likely N-dealkylation sites (tertiary alicyclic amines) is 2. The number of nitrogens with zero attached hydrogens (tertiary/aromatic N) is 2. The van der Waals surface area contributed by atoms with Crippen molar-refractivity contribution in [2.24, 2.45) is 11.8 Å². The number of methoxy groups -OCH3 is 1. The number of ether oxygens (including phenoxy) is 1. The molecule has 0 spiro atoms. The van der Waals surface area contributed by atoms with Crippen LogP contribution in [-0.2, 0) is 9.53 Å². The molecule has 2 amide bonds. The average molecular weight is 268 g/mol. The largest absolute Gasteiger partial charge is 0.453 e. The quantitative estimate of drug-likeness (QED) is 0.727. The first-order valence-corrected chi connectivity index (χ1v) is 7.23. The number of rotatable bonds is 1. The SMILES string of the molecule is COC(=O)N1CCCC(C(=O)N2CCC(C)CC2)C1. The van der Waals surface area contributed by atoms with Crippen LogP contribution in [0, 0.1) is 11.8 Å². The van der Waals surface area contributed by atoms with E-state index in [4.69, 9.17) is 4.74 Å². The molecule has 19 heavy (non-hydrogen) atoms. The van der Waals surface area contributed by atoms with Crippen LogP contribution in [0.4, 0.5) is 4.79 Å². The second-order valence-electron chi connectivity index (χ2n) is 5.76. The molecule has 0 radical (unpaired) electrons. The van der Waals surface area contributed by atoms with E-state index in [1.807, 2.05) is 4.90 Å². The fraction of sp³-hybridized carbons (Fsp3) is 0.857. The van der Waals surface area contributed by atoms with Gasteiger partial charge in [-0.2, -0.15) is 0 Å². The Morgan fingerprint density at radius 3 is 2.37 bits per heavy atom. The third-order valence-corrected chi connectivity index (χ3v) is 4.30. The zero-order valence-electron chi connectivity index (χ0n) is 11.9. The number of hydrogen-bond acceptors (Lipinski definition) is 3. The number of carbonyl (C=O) groups is 2. The molecule has 0 aliphatic carbocycles. The van der Waals surface area contributed by atoms with Gasteiger partial charge in [0.25, 0.3) is 0 Å². The third kappa shape index (κ3) is 3.39. The first-order valence-electron chi connectivity index (χ1n) is 7.23. The molecule has 2 rings (SSSR count). The predicted molar refractivity (Wildman–Crippen MR) is 71.7 cm³/mol. The second kappa shape index (κ2) is 6.26. The molecule has 2 aliphatic heterocycles. The van der Waals surface area contributed by atoms with Crippen molar-refractivity contribution in [3.05, 3.63) is 0 Å². The van der Waals surface area contributed by atoms with Crippen LogP contribution in [0.2, 0.25) is 0 Å². The van der Waals surface area contributed by atoms with Crippen LogP contribution in [0.15, 0.2) is 0 Å². The van der Waals surface area contributed by atoms with E-state index in [1.54, 1.807) is 4.90 Å². The lowest BCUT2D eigenvalue weighted by molar-refractivity contribution is -0.138. The standard InChI is InChI=1S/C14H24N2O3/c1-11-5-8-15(9-6-11)13(17)12-4-3-7-16(10-12)14(18)19-2/h11-12H,3-10H2,1-2H3. The normalized spacial score (nSPS) is 25.3. The van der Waals surface area contributed by atoms with E-state index in [2.05, 4.69) is 6.92 Å². The highest BCUT2D eigenvalue weighted by Crippen LogP contribution is 2.23. The maximum absolute atomic E-state index is 12.5. The Labute approximate surface area is 114 Å². The summed E-state index contributed by atoms with van der Waals surface area (Å²) in [6.07, 6.45) is 3.65. The molecular weight excluding hydrogens is 244 g/mol. The molecule has 5 nitrogen and oxygen atoms in total. The van der Waals surface area contributed by atoms with Crippen molar-refractivity contribution in [1.29, 1.82) is 0 Å². The summed E-state index contributed by atoms with van der Waals surface area (Å²) in [5.74, 6) is 0.906. The summed E-state index contributed by atoms with van der Waals surface area (Å²) in [6, 6.07) is 0. The van der Waals surface area contributed by atoms with Gasteiger partial charge in [0, 0.05) is 26.2 Å². The molecule has 0 aromatic heterocycles. The summed E-state index contributed by atoms with van der Waals surface area (Å²) >= 11 is 0. The summed E-state index contributed by atoms with van der Waals surface area (Å²) < 4.78 is 4.74. The number of piperidine rings is 2. The topological polar surface area (TPSA) is 49.9 Å². The Bertz CT molecular complexity index is 338. The fourth-order valence-electron chi connectivity index (χ4n) is 2.96. The Hall–Kier alpha value is -1.26. The highest BCUT2D eigenvalue weighted by atomic mass is 16.5. The van der Waals surface area contributed by atoms with Gasteiger partial charge in [-0.25, -0.2) is 4.79 Å². The molecule has 2 fully saturated rings. The maximum atomic E-state index is 12.5. The first-order chi connectivity index (χ1) is 9.11. The first kappa shape index (κ1) is 14.2. The molecule has 0 N–H and O–H groups in total. The van der Waals surface area contributed by atoms with Gasteiger partial charge in [0.05, 0.1) is 13.0 Å². The van der Waals surface area contributed by atoms with E-state index in [0.29, 0.717) is 13.1 Å². The van der Waals surface area contributed by atoms with Gasteiger partial charge in [0.2, 0.25) is 5.91 Å². The van der Waals surface area contributed by atoms with Gasteiger partial charge in [0.1, 0.15) is 0 Å². The van der Waals surface area contributed by atoms with Gasteiger partial charge in [-0.05, 0) is 31.6 Å². The zero-order valence-corrected chi connectivity index (χ0v) is 11.9. The monoisotopic (exact) mass is 268 g/mol. The summed E-state index contributed by atoms with van der Waals surface area (Å²) in [5.41, 5.74) is 0. The van der Waals surface area contributed by atoms with E-state index in [1.165, 1.54) is 7.11 Å². The Morgan fingerprint density at radius 1 is 1.05 bits per heavy atom. The van der Waals surface area contributed by atoms with Crippen LogP contribution in [0.3, 0.4) is 0 Å². The fourth-order valence-corrected chi connectivity index (χ4v) is 2.96. The van der Waals surface area contributed by atoms with E-state index in [9.17, 15) is 9.59 Å². The van der Waals surface area contributed by atoms with Crippen molar-refractivity contribution < 1.29 is 14.3 Å². The van der Waals surface area contributed by atoms with Crippen molar-refractivity contribution >= 4 is 12.0 Å². The van der Waals surface area contributed by atoms with E-state index < -0.39 is 0 Å². The minimum atomic E-state index is -0.315. The number of amides is 2. The Kier molecular flexibility index (Phi) is 4.66. The lowest BCUT2D eigenvalue weighted by Gasteiger charge is -2.36. The molecule has 2 saturated heterocycles. The van der Waals surface area contributed by atoms with Crippen LogP contribution >= 0.6 is 0 Å². The van der Waals surface area contributed by atoms with Crippen molar-refractivity contribution in [2.75, 3.05) is 33.3 Å². The van der Waals surface area contributed by atoms with Crippen molar-refractivity contribution in [1.82, 2.24) is 9.80 Å². The molecule has 0 saturated carbocycles. The van der Waals surface area contributed by atoms with Gasteiger partial charge in [-0.15, -0.1) is 0 Å². The van der Waals surface area contributed by atoms with E-state index >= 15 is 0 Å². The van der Waals surface area contributed by atoms with Crippen LogP contribution in [0.25, 0.3) is 0 Å². The molecule has 1 unspecified atom stereocenters. The number of carbonyl (C=O) groups excluding carboxylic acids is 2. The minimum absolute atomic E-state index is 0.0405. The molecular formula is C14H24N2O3. The zero-order chi connectivity index (χ0) is 13.8. The summed E-state index contributed by atoms with van der Waals surface area (Å²) in [6.45, 7) is 5.19. The molecule has 5 heteroatoms. The lowest BCUT2D eigenvalue weighted by atomic mass is 9.94. The Morgan fingerprint density at radius 2 is 1.74 bits per heavy atom. The van der Waals surface area contributed by atoms with Gasteiger partial charge >= 0.3 is 6.09 Å². The molecule has 0 aromatic rings. The smallest absolute Gasteiger partial charge is 0.409 e. The Balaban J connectivity index is 1.90. The van der Waals surface area contributed by atoms with E-state index in [0.717, 1.165) is 44.7 Å². The summed E-state index contributed by atoms with van der Waals surface area (Å²) in [4.78, 5) is 27.6. The van der Waals surface area contributed by atoms with Crippen molar-refractivity contribution in [3.8, 4) is 0 Å². The van der Waals surface area contributed by atoms with Gasteiger partial charge in [-0.3, -0.25) is 4.79 Å². The van der Waals surface area contributed by atoms with Gasteiger partial charge in [0.15, 0.2) is 0 Å². The maximum Gasteiger partial charge on any atom is 0.409 e.